The molecule has 5 nitrogen and oxygen atoms in total. The summed E-state index contributed by atoms with van der Waals surface area (Å²) < 4.78 is 0. The quantitative estimate of drug-likeness (QED) is 0.753. The lowest BCUT2D eigenvalue weighted by molar-refractivity contribution is -0.122. The van der Waals surface area contributed by atoms with E-state index in [9.17, 15) is 9.59 Å². The number of hydrogen-bond acceptors (Lipinski definition) is 3. The van der Waals surface area contributed by atoms with Crippen molar-refractivity contribution in [2.45, 2.75) is 32.2 Å². The van der Waals surface area contributed by atoms with Crippen molar-refractivity contribution in [1.29, 1.82) is 0 Å². The second-order valence-electron chi connectivity index (χ2n) is 6.73. The van der Waals surface area contributed by atoms with Crippen molar-refractivity contribution in [3.8, 4) is 0 Å². The molecule has 0 atom stereocenters. The Morgan fingerprint density at radius 1 is 1.08 bits per heavy atom. The van der Waals surface area contributed by atoms with Gasteiger partial charge >= 0.3 is 0 Å². The summed E-state index contributed by atoms with van der Waals surface area (Å²) in [6, 6.07) is 17.1. The lowest BCUT2D eigenvalue weighted by atomic mass is 9.81. The largest absolute Gasteiger partial charge is 0.349 e. The molecule has 1 heterocycles. The van der Waals surface area contributed by atoms with Crippen LogP contribution >= 0.6 is 0 Å². The van der Waals surface area contributed by atoms with E-state index >= 15 is 0 Å². The molecule has 0 aliphatic rings. The Labute approximate surface area is 146 Å². The molecule has 5 heteroatoms. The van der Waals surface area contributed by atoms with Crippen molar-refractivity contribution in [3.05, 3.63) is 76.3 Å². The molecule has 0 aliphatic heterocycles. The van der Waals surface area contributed by atoms with Crippen LogP contribution in [0.3, 0.4) is 0 Å². The number of nitrogens with zero attached hydrogens (tertiary/aromatic N) is 1. The highest BCUT2D eigenvalue weighted by molar-refractivity contribution is 5.78. The minimum absolute atomic E-state index is 0.0790. The van der Waals surface area contributed by atoms with E-state index < -0.39 is 0 Å². The maximum Gasteiger partial charge on any atom is 0.258 e. The van der Waals surface area contributed by atoms with Gasteiger partial charge in [0, 0.05) is 6.42 Å². The Morgan fingerprint density at radius 2 is 1.76 bits per heavy atom. The number of hydrogen-bond donors (Lipinski definition) is 2. The summed E-state index contributed by atoms with van der Waals surface area (Å²) in [5.41, 5.74) is 1.28. The third-order valence-corrected chi connectivity index (χ3v) is 4.27. The van der Waals surface area contributed by atoms with Crippen molar-refractivity contribution in [2.75, 3.05) is 0 Å². The van der Waals surface area contributed by atoms with Crippen LogP contribution in [0.4, 0.5) is 0 Å². The maximum absolute atomic E-state index is 12.3. The van der Waals surface area contributed by atoms with Gasteiger partial charge in [0.05, 0.1) is 17.4 Å². The van der Waals surface area contributed by atoms with E-state index in [1.54, 1.807) is 18.2 Å². The molecule has 0 unspecified atom stereocenters. The van der Waals surface area contributed by atoms with Crippen molar-refractivity contribution in [2.24, 2.45) is 0 Å². The number of para-hydroxylation sites is 1. The van der Waals surface area contributed by atoms with Crippen LogP contribution in [-0.4, -0.2) is 15.9 Å². The smallest absolute Gasteiger partial charge is 0.258 e. The fourth-order valence-electron chi connectivity index (χ4n) is 2.86. The van der Waals surface area contributed by atoms with Crippen LogP contribution in [0.25, 0.3) is 10.9 Å². The molecule has 2 aromatic carbocycles. The molecule has 2 N–H and O–H groups in total. The van der Waals surface area contributed by atoms with E-state index in [0.717, 1.165) is 5.56 Å². The first kappa shape index (κ1) is 16.9. The third-order valence-electron chi connectivity index (χ3n) is 4.27. The Morgan fingerprint density at radius 3 is 2.52 bits per heavy atom. The summed E-state index contributed by atoms with van der Waals surface area (Å²) in [5, 5.41) is 3.39. The molecule has 0 fully saturated rings. The SMILES string of the molecule is CC(C)(CC(=O)NCc1nc2ccccc2c(=O)[nH]1)c1ccccc1. The predicted octanol–water partition coefficient (Wildman–Crippen LogP) is 2.91. The van der Waals surface area contributed by atoms with E-state index in [1.165, 1.54) is 0 Å². The van der Waals surface area contributed by atoms with Gasteiger partial charge in [-0.25, -0.2) is 4.98 Å². The summed E-state index contributed by atoms with van der Waals surface area (Å²) >= 11 is 0. The molecule has 0 bridgehead atoms. The molecule has 128 valence electrons. The number of benzene rings is 2. The Bertz CT molecular complexity index is 946. The first-order valence-corrected chi connectivity index (χ1v) is 8.26. The van der Waals surface area contributed by atoms with Gasteiger partial charge in [0.15, 0.2) is 0 Å². The average Bonchev–Trinajstić information content (AvgIpc) is 2.60. The first-order chi connectivity index (χ1) is 12.0. The summed E-state index contributed by atoms with van der Waals surface area (Å²) in [4.78, 5) is 31.5. The molecular weight excluding hydrogens is 314 g/mol. The minimum Gasteiger partial charge on any atom is -0.349 e. The summed E-state index contributed by atoms with van der Waals surface area (Å²) in [6.45, 7) is 4.28. The van der Waals surface area contributed by atoms with Gasteiger partial charge in [0.1, 0.15) is 5.82 Å². The highest BCUT2D eigenvalue weighted by atomic mass is 16.1. The van der Waals surface area contributed by atoms with Crippen LogP contribution in [0.2, 0.25) is 0 Å². The van der Waals surface area contributed by atoms with E-state index in [2.05, 4.69) is 15.3 Å². The number of carbonyl (C=O) groups excluding carboxylic acids is 1. The van der Waals surface area contributed by atoms with Gasteiger partial charge < -0.3 is 10.3 Å². The predicted molar refractivity (Wildman–Crippen MR) is 98.3 cm³/mol. The highest BCUT2D eigenvalue weighted by Crippen LogP contribution is 2.26. The monoisotopic (exact) mass is 335 g/mol. The van der Waals surface area contributed by atoms with E-state index in [-0.39, 0.29) is 23.4 Å². The van der Waals surface area contributed by atoms with Crippen molar-refractivity contribution in [3.63, 3.8) is 0 Å². The van der Waals surface area contributed by atoms with E-state index in [4.69, 9.17) is 0 Å². The number of fused-ring (bicyclic) bond motifs is 1. The zero-order valence-electron chi connectivity index (χ0n) is 14.4. The number of rotatable bonds is 5. The fourth-order valence-corrected chi connectivity index (χ4v) is 2.86. The second kappa shape index (κ2) is 6.89. The normalized spacial score (nSPS) is 11.4. The number of carbonyl (C=O) groups is 1. The van der Waals surface area contributed by atoms with Crippen LogP contribution < -0.4 is 10.9 Å². The molecule has 0 saturated carbocycles. The number of H-pyrrole nitrogens is 1. The Balaban J connectivity index is 1.67. The molecule has 3 aromatic rings. The molecule has 3 rings (SSSR count). The topological polar surface area (TPSA) is 74.8 Å². The van der Waals surface area contributed by atoms with Gasteiger partial charge in [-0.1, -0.05) is 56.3 Å². The molecule has 0 saturated heterocycles. The zero-order valence-corrected chi connectivity index (χ0v) is 14.4. The Kier molecular flexibility index (Phi) is 4.65. The van der Waals surface area contributed by atoms with Gasteiger partial charge in [-0.2, -0.15) is 0 Å². The summed E-state index contributed by atoms with van der Waals surface area (Å²) in [5.74, 6) is 0.374. The second-order valence-corrected chi connectivity index (χ2v) is 6.73. The van der Waals surface area contributed by atoms with Crippen LogP contribution in [-0.2, 0) is 16.8 Å². The molecular formula is C20H21N3O2. The van der Waals surface area contributed by atoms with Crippen molar-refractivity contribution < 1.29 is 4.79 Å². The molecule has 1 aromatic heterocycles. The number of amides is 1. The van der Waals surface area contributed by atoms with Gasteiger partial charge in [-0.05, 0) is 23.1 Å². The number of aromatic nitrogens is 2. The van der Waals surface area contributed by atoms with E-state index in [0.29, 0.717) is 23.1 Å². The molecule has 1 amide bonds. The zero-order chi connectivity index (χ0) is 17.9. The third kappa shape index (κ3) is 3.94. The Hall–Kier alpha value is -2.95. The van der Waals surface area contributed by atoms with Crippen LogP contribution in [0.1, 0.15) is 31.7 Å². The summed E-state index contributed by atoms with van der Waals surface area (Å²) in [6.07, 6.45) is 0.356. The molecule has 0 spiro atoms. The molecule has 0 aliphatic carbocycles. The van der Waals surface area contributed by atoms with Gasteiger partial charge in [-0.15, -0.1) is 0 Å². The standard InChI is InChI=1S/C20H21N3O2/c1-20(2,14-8-4-3-5-9-14)12-18(24)21-13-17-22-16-11-7-6-10-15(16)19(25)23-17/h3-11H,12-13H2,1-2H3,(H,21,24)(H,22,23,25). The van der Waals surface area contributed by atoms with Crippen LogP contribution in [0.5, 0.6) is 0 Å². The van der Waals surface area contributed by atoms with Crippen molar-refractivity contribution in [1.82, 2.24) is 15.3 Å². The van der Waals surface area contributed by atoms with Crippen molar-refractivity contribution >= 4 is 16.8 Å². The van der Waals surface area contributed by atoms with Gasteiger partial charge in [0.2, 0.25) is 5.91 Å². The lowest BCUT2D eigenvalue weighted by Crippen LogP contribution is -2.31. The van der Waals surface area contributed by atoms with Gasteiger partial charge in [-0.3, -0.25) is 9.59 Å². The average molecular weight is 335 g/mol. The maximum atomic E-state index is 12.3. The van der Waals surface area contributed by atoms with Crippen LogP contribution in [0, 0.1) is 0 Å². The molecule has 25 heavy (non-hydrogen) atoms. The van der Waals surface area contributed by atoms with Crippen LogP contribution in [0.15, 0.2) is 59.4 Å². The highest BCUT2D eigenvalue weighted by Gasteiger charge is 2.24. The van der Waals surface area contributed by atoms with E-state index in [1.807, 2.05) is 50.2 Å². The fraction of sp³-hybridized carbons (Fsp3) is 0.250. The number of nitrogens with one attached hydrogen (secondary N) is 2. The summed E-state index contributed by atoms with van der Waals surface area (Å²) in [7, 11) is 0. The lowest BCUT2D eigenvalue weighted by Gasteiger charge is -2.24. The minimum atomic E-state index is -0.268. The first-order valence-electron chi connectivity index (χ1n) is 8.26. The van der Waals surface area contributed by atoms with Gasteiger partial charge in [0.25, 0.3) is 5.56 Å². The molecule has 0 radical (unpaired) electrons. The number of aromatic amines is 1.